The summed E-state index contributed by atoms with van der Waals surface area (Å²) in [5, 5.41) is 4.08. The van der Waals surface area contributed by atoms with E-state index in [9.17, 15) is 4.79 Å². The van der Waals surface area contributed by atoms with E-state index in [1.807, 2.05) is 6.92 Å². The van der Waals surface area contributed by atoms with Crippen LogP contribution in [0.5, 0.6) is 0 Å². The van der Waals surface area contributed by atoms with Gasteiger partial charge in [0.25, 0.3) is 0 Å². The predicted octanol–water partition coefficient (Wildman–Crippen LogP) is -0.0328. The lowest BCUT2D eigenvalue weighted by Crippen LogP contribution is -2.54. The van der Waals surface area contributed by atoms with E-state index in [1.165, 1.54) is 0 Å². The summed E-state index contributed by atoms with van der Waals surface area (Å²) in [7, 11) is 0. The van der Waals surface area contributed by atoms with Gasteiger partial charge in [0.05, 0.1) is 19.8 Å². The third-order valence-electron chi connectivity index (χ3n) is 3.90. The van der Waals surface area contributed by atoms with E-state index in [0.29, 0.717) is 19.7 Å². The molecule has 8 heteroatoms. The normalized spacial score (nSPS) is 19.9. The Bertz CT molecular complexity index is 369. The summed E-state index contributed by atoms with van der Waals surface area (Å²) < 4.78 is 10.3. The number of morpholine rings is 1. The van der Waals surface area contributed by atoms with Crippen molar-refractivity contribution >= 4 is 23.4 Å². The van der Waals surface area contributed by atoms with Gasteiger partial charge in [0, 0.05) is 52.4 Å². The van der Waals surface area contributed by atoms with E-state index in [0.717, 1.165) is 57.6 Å². The average molecular weight is 330 g/mol. The third kappa shape index (κ3) is 5.26. The van der Waals surface area contributed by atoms with E-state index in [1.54, 1.807) is 4.90 Å². The molecule has 2 fully saturated rings. The van der Waals surface area contributed by atoms with E-state index in [-0.39, 0.29) is 6.09 Å². The predicted molar refractivity (Wildman–Crippen MR) is 88.0 cm³/mol. The van der Waals surface area contributed by atoms with Crippen molar-refractivity contribution in [3.8, 4) is 0 Å². The molecule has 0 aliphatic carbocycles. The largest absolute Gasteiger partial charge is 0.450 e. The van der Waals surface area contributed by atoms with E-state index >= 15 is 0 Å². The van der Waals surface area contributed by atoms with Crippen molar-refractivity contribution in [3.05, 3.63) is 0 Å². The number of thiocarbonyl (C=S) groups is 1. The lowest BCUT2D eigenvalue weighted by molar-refractivity contribution is 0.0388. The zero-order chi connectivity index (χ0) is 15.8. The summed E-state index contributed by atoms with van der Waals surface area (Å²) in [5.74, 6) is 0. The molecule has 2 saturated heterocycles. The second-order valence-corrected chi connectivity index (χ2v) is 5.75. The molecule has 2 rings (SSSR count). The topological polar surface area (TPSA) is 57.3 Å². The molecular weight excluding hydrogens is 304 g/mol. The molecule has 2 aliphatic heterocycles. The maximum atomic E-state index is 11.6. The van der Waals surface area contributed by atoms with Crippen molar-refractivity contribution < 1.29 is 14.3 Å². The monoisotopic (exact) mass is 330 g/mol. The molecule has 1 N–H and O–H groups in total. The molecule has 2 aliphatic rings. The Hall–Kier alpha value is -1.12. The van der Waals surface area contributed by atoms with Gasteiger partial charge in [-0.2, -0.15) is 0 Å². The van der Waals surface area contributed by atoms with Gasteiger partial charge in [-0.05, 0) is 19.1 Å². The summed E-state index contributed by atoms with van der Waals surface area (Å²) >= 11 is 5.43. The first-order chi connectivity index (χ1) is 10.7. The van der Waals surface area contributed by atoms with Gasteiger partial charge in [0.2, 0.25) is 0 Å². The number of carbonyl (C=O) groups excluding carboxylic acids is 1. The van der Waals surface area contributed by atoms with Crippen LogP contribution in [0.1, 0.15) is 6.92 Å². The van der Waals surface area contributed by atoms with Gasteiger partial charge in [-0.3, -0.25) is 4.90 Å². The van der Waals surface area contributed by atoms with Crippen LogP contribution in [-0.2, 0) is 9.47 Å². The highest BCUT2D eigenvalue weighted by Crippen LogP contribution is 2.04. The quantitative estimate of drug-likeness (QED) is 0.726. The zero-order valence-corrected chi connectivity index (χ0v) is 14.1. The fourth-order valence-corrected chi connectivity index (χ4v) is 2.85. The van der Waals surface area contributed by atoms with Crippen LogP contribution in [0.25, 0.3) is 0 Å². The van der Waals surface area contributed by atoms with Crippen LogP contribution in [0.15, 0.2) is 0 Å². The van der Waals surface area contributed by atoms with Crippen LogP contribution in [0.4, 0.5) is 4.79 Å². The molecule has 7 nitrogen and oxygen atoms in total. The highest BCUT2D eigenvalue weighted by molar-refractivity contribution is 7.80. The van der Waals surface area contributed by atoms with Gasteiger partial charge >= 0.3 is 6.09 Å². The highest BCUT2D eigenvalue weighted by atomic mass is 32.1. The Balaban J connectivity index is 1.61. The third-order valence-corrected chi connectivity index (χ3v) is 4.30. The Morgan fingerprint density at radius 1 is 1.14 bits per heavy atom. The number of amides is 1. The number of hydrogen-bond acceptors (Lipinski definition) is 5. The number of piperazine rings is 1. The first-order valence-corrected chi connectivity index (χ1v) is 8.36. The summed E-state index contributed by atoms with van der Waals surface area (Å²) in [6.07, 6.45) is -0.228. The van der Waals surface area contributed by atoms with Crippen LogP contribution in [0.3, 0.4) is 0 Å². The number of ether oxygens (including phenoxy) is 2. The molecule has 126 valence electrons. The molecule has 0 aromatic carbocycles. The van der Waals surface area contributed by atoms with Crippen LogP contribution in [0, 0.1) is 0 Å². The molecule has 0 aromatic heterocycles. The van der Waals surface area contributed by atoms with Gasteiger partial charge in [-0.25, -0.2) is 4.79 Å². The molecular formula is C14H26N4O3S. The highest BCUT2D eigenvalue weighted by Gasteiger charge is 2.23. The van der Waals surface area contributed by atoms with E-state index in [2.05, 4.69) is 15.1 Å². The number of rotatable bonds is 4. The minimum absolute atomic E-state index is 0.228. The molecule has 0 bridgehead atoms. The van der Waals surface area contributed by atoms with Crippen molar-refractivity contribution in [3.63, 3.8) is 0 Å². The van der Waals surface area contributed by atoms with Crippen molar-refractivity contribution in [1.82, 2.24) is 20.0 Å². The second-order valence-electron chi connectivity index (χ2n) is 5.36. The smallest absolute Gasteiger partial charge is 0.409 e. The maximum Gasteiger partial charge on any atom is 0.409 e. The summed E-state index contributed by atoms with van der Waals surface area (Å²) in [4.78, 5) is 17.9. The van der Waals surface area contributed by atoms with Crippen LogP contribution in [0.2, 0.25) is 0 Å². The second kappa shape index (κ2) is 9.12. The van der Waals surface area contributed by atoms with Crippen molar-refractivity contribution in [1.29, 1.82) is 0 Å². The van der Waals surface area contributed by atoms with Gasteiger partial charge in [-0.15, -0.1) is 0 Å². The van der Waals surface area contributed by atoms with E-state index in [4.69, 9.17) is 21.7 Å². The summed E-state index contributed by atoms with van der Waals surface area (Å²) in [6.45, 7) is 10.5. The number of hydrogen-bond donors (Lipinski definition) is 1. The standard InChI is InChI=1S/C14H26N4O3S/c1-2-21-14(19)18-7-5-17(6-8-18)13(22)15-3-4-16-9-11-20-12-10-16/h2-12H2,1H3,(H,15,22). The zero-order valence-electron chi connectivity index (χ0n) is 13.3. The molecule has 0 spiro atoms. The summed E-state index contributed by atoms with van der Waals surface area (Å²) in [6, 6.07) is 0. The van der Waals surface area contributed by atoms with Gasteiger partial charge in [0.15, 0.2) is 5.11 Å². The van der Waals surface area contributed by atoms with Crippen molar-refractivity contribution in [2.75, 3.05) is 72.2 Å². The maximum absolute atomic E-state index is 11.6. The van der Waals surface area contributed by atoms with Crippen LogP contribution in [-0.4, -0.2) is 98.1 Å². The molecule has 0 aromatic rings. The molecule has 0 atom stereocenters. The SMILES string of the molecule is CCOC(=O)N1CCN(C(=S)NCCN2CCOCC2)CC1. The Labute approximate surface area is 137 Å². The minimum atomic E-state index is -0.228. The lowest BCUT2D eigenvalue weighted by atomic mass is 10.3. The van der Waals surface area contributed by atoms with Gasteiger partial charge in [0.1, 0.15) is 0 Å². The first-order valence-electron chi connectivity index (χ1n) is 7.95. The average Bonchev–Trinajstić information content (AvgIpc) is 2.56. The molecule has 0 saturated carbocycles. The molecule has 1 amide bonds. The van der Waals surface area contributed by atoms with Crippen molar-refractivity contribution in [2.45, 2.75) is 6.92 Å². The van der Waals surface area contributed by atoms with Gasteiger partial charge < -0.3 is 24.6 Å². The fraction of sp³-hybridized carbons (Fsp3) is 0.857. The Kier molecular flexibility index (Phi) is 7.14. The number of nitrogens with one attached hydrogen (secondary N) is 1. The van der Waals surface area contributed by atoms with E-state index < -0.39 is 0 Å². The van der Waals surface area contributed by atoms with Crippen LogP contribution >= 0.6 is 12.2 Å². The first kappa shape index (κ1) is 17.2. The molecule has 0 radical (unpaired) electrons. The van der Waals surface area contributed by atoms with Gasteiger partial charge in [-0.1, -0.05) is 0 Å². The number of carbonyl (C=O) groups is 1. The van der Waals surface area contributed by atoms with Crippen LogP contribution < -0.4 is 5.32 Å². The minimum Gasteiger partial charge on any atom is -0.450 e. The Morgan fingerprint density at radius 3 is 2.41 bits per heavy atom. The lowest BCUT2D eigenvalue weighted by Gasteiger charge is -2.35. The van der Waals surface area contributed by atoms with Crippen molar-refractivity contribution in [2.24, 2.45) is 0 Å². The fourth-order valence-electron chi connectivity index (χ4n) is 2.56. The number of nitrogens with zero attached hydrogens (tertiary/aromatic N) is 3. The molecule has 2 heterocycles. The molecule has 22 heavy (non-hydrogen) atoms. The summed E-state index contributed by atoms with van der Waals surface area (Å²) in [5.41, 5.74) is 0. The Morgan fingerprint density at radius 2 is 1.77 bits per heavy atom. The molecule has 0 unspecified atom stereocenters.